The first-order chi connectivity index (χ1) is 18.0. The second-order valence-corrected chi connectivity index (χ2v) is 10.5. The van der Waals surface area contributed by atoms with Crippen molar-refractivity contribution in [3.05, 3.63) is 53.1 Å². The van der Waals surface area contributed by atoms with Gasteiger partial charge in [-0.1, -0.05) is 18.3 Å². The lowest BCUT2D eigenvalue weighted by Crippen LogP contribution is -2.51. The van der Waals surface area contributed by atoms with Crippen LogP contribution in [-0.2, 0) is 9.59 Å². The predicted molar refractivity (Wildman–Crippen MR) is 150 cm³/mol. The van der Waals surface area contributed by atoms with Gasteiger partial charge in [0.2, 0.25) is 11.8 Å². The molecule has 1 aromatic carbocycles. The van der Waals surface area contributed by atoms with E-state index in [2.05, 4.69) is 10.2 Å². The van der Waals surface area contributed by atoms with Gasteiger partial charge in [0.25, 0.3) is 0 Å². The molecular formula is C26H32FN5O5S2. The van der Waals surface area contributed by atoms with Crippen molar-refractivity contribution >= 4 is 47.4 Å². The number of methoxy groups -OCH3 is 1. The maximum absolute atomic E-state index is 14.1. The van der Waals surface area contributed by atoms with Gasteiger partial charge in [0.05, 0.1) is 37.5 Å². The zero-order valence-corrected chi connectivity index (χ0v) is 24.3. The molecule has 13 heteroatoms. The highest BCUT2D eigenvalue weighted by Gasteiger charge is 2.48. The maximum atomic E-state index is 14.1. The van der Waals surface area contributed by atoms with Crippen molar-refractivity contribution in [2.45, 2.75) is 39.8 Å². The van der Waals surface area contributed by atoms with E-state index >= 15 is 0 Å². The average molecular weight is 578 g/mol. The monoisotopic (exact) mass is 577 g/mol. The van der Waals surface area contributed by atoms with Crippen molar-refractivity contribution in [1.82, 2.24) is 19.9 Å². The number of hydrogen-bond donors (Lipinski definition) is 1. The summed E-state index contributed by atoms with van der Waals surface area (Å²) in [5.41, 5.74) is 0.988. The topological polar surface area (TPSA) is 118 Å². The van der Waals surface area contributed by atoms with E-state index in [-0.39, 0.29) is 48.9 Å². The number of rotatable bonds is 8. The number of nitrogens with zero attached hydrogens (tertiary/aromatic N) is 5. The number of β-amino-alcohol motifs (C(OH)–C–C–N with tert-alkyl or cyclic N) is 1. The smallest absolute Gasteiger partial charge is 0.239 e. The molecule has 3 aromatic rings. The van der Waals surface area contributed by atoms with Crippen LogP contribution in [0.5, 0.6) is 5.75 Å². The number of carbonyl (C=O) groups excluding carboxylic acids is 3. The molecule has 4 rings (SSSR count). The Bertz CT molecular complexity index is 1380. The summed E-state index contributed by atoms with van der Waals surface area (Å²) >= 11 is 1.13. The number of ether oxygens (including phenoxy) is 1. The molecule has 0 aliphatic carbocycles. The molecule has 3 heterocycles. The van der Waals surface area contributed by atoms with Crippen molar-refractivity contribution in [2.75, 3.05) is 25.6 Å². The Morgan fingerprint density at radius 2 is 1.85 bits per heavy atom. The fraction of sp³-hybridized carbons (Fsp3) is 0.423. The van der Waals surface area contributed by atoms with Gasteiger partial charge in [-0.15, -0.1) is 4.80 Å². The van der Waals surface area contributed by atoms with Crippen LogP contribution in [0.3, 0.4) is 0 Å². The van der Waals surface area contributed by atoms with Crippen LogP contribution in [0, 0.1) is 24.6 Å². The summed E-state index contributed by atoms with van der Waals surface area (Å²) in [5, 5.41) is 20.3. The number of anilines is 1. The minimum Gasteiger partial charge on any atom is -0.496 e. The zero-order valence-electron chi connectivity index (χ0n) is 22.5. The Balaban J connectivity index is 0.00000420. The fourth-order valence-electron chi connectivity index (χ4n) is 4.58. The molecule has 39 heavy (non-hydrogen) atoms. The Morgan fingerprint density at radius 3 is 2.44 bits per heavy atom. The molecule has 0 saturated heterocycles. The Labute approximate surface area is 236 Å². The molecule has 0 radical (unpaired) electrons. The van der Waals surface area contributed by atoms with Gasteiger partial charge in [-0.25, -0.2) is 4.39 Å². The second kappa shape index (κ2) is 11.8. The number of aliphatic hydroxyl groups is 1. The third kappa shape index (κ3) is 5.43. The van der Waals surface area contributed by atoms with Crippen LogP contribution in [0.4, 0.5) is 9.39 Å². The van der Waals surface area contributed by atoms with Gasteiger partial charge in [-0.05, 0) is 39.0 Å². The van der Waals surface area contributed by atoms with Crippen molar-refractivity contribution in [3.63, 3.8) is 0 Å². The lowest BCUT2D eigenvalue weighted by atomic mass is 9.81. The zero-order chi connectivity index (χ0) is 27.9. The maximum Gasteiger partial charge on any atom is 0.239 e. The molecule has 0 bridgehead atoms. The van der Waals surface area contributed by atoms with E-state index in [1.807, 2.05) is 13.8 Å². The third-order valence-electron chi connectivity index (χ3n) is 6.93. The molecule has 3 atom stereocenters. The van der Waals surface area contributed by atoms with Crippen molar-refractivity contribution < 1.29 is 28.6 Å². The summed E-state index contributed by atoms with van der Waals surface area (Å²) in [7, 11) is 3.02. The number of aromatic nitrogens is 3. The SMILES string of the molecule is COc1ccc(F)cc1[C@@H](O)CN1C(=O)C([C@@H](C)C(=O)N(C)C(C)C)C(=O)c2c1sc(-n1nccn1)c2C.S. The summed E-state index contributed by atoms with van der Waals surface area (Å²) in [6.45, 7) is 6.69. The Kier molecular flexibility index (Phi) is 9.19. The summed E-state index contributed by atoms with van der Waals surface area (Å²) in [6, 6.07) is 3.61. The number of aliphatic hydroxyl groups excluding tert-OH is 1. The lowest BCUT2D eigenvalue weighted by Gasteiger charge is -2.36. The first-order valence-corrected chi connectivity index (χ1v) is 12.9. The Hall–Kier alpha value is -3.29. The first kappa shape index (κ1) is 30.3. The number of carbonyl (C=O) groups is 3. The molecule has 1 unspecified atom stereocenters. The number of fused-ring (bicyclic) bond motifs is 1. The number of benzene rings is 1. The molecule has 1 aliphatic rings. The molecular weight excluding hydrogens is 545 g/mol. The van der Waals surface area contributed by atoms with E-state index in [0.29, 0.717) is 15.6 Å². The van der Waals surface area contributed by atoms with E-state index in [9.17, 15) is 23.9 Å². The minimum absolute atomic E-state index is 0. The summed E-state index contributed by atoms with van der Waals surface area (Å²) in [5.74, 6) is -4.01. The van der Waals surface area contributed by atoms with Gasteiger partial charge in [0, 0.05) is 24.2 Å². The number of Topliss-reactive ketones (excluding diaryl/α,β-unsaturated/α-hetero) is 1. The third-order valence-corrected chi connectivity index (χ3v) is 8.21. The van der Waals surface area contributed by atoms with Gasteiger partial charge in [0.1, 0.15) is 33.6 Å². The van der Waals surface area contributed by atoms with Gasteiger partial charge < -0.3 is 14.7 Å². The number of amides is 2. The quantitative estimate of drug-likeness (QED) is 0.408. The fourth-order valence-corrected chi connectivity index (χ4v) is 5.83. The molecule has 210 valence electrons. The van der Waals surface area contributed by atoms with Crippen LogP contribution in [0.25, 0.3) is 5.00 Å². The predicted octanol–water partition coefficient (Wildman–Crippen LogP) is 3.28. The molecule has 0 fully saturated rings. The number of hydrogen-bond acceptors (Lipinski definition) is 8. The van der Waals surface area contributed by atoms with Crippen molar-refractivity contribution in [3.8, 4) is 10.8 Å². The summed E-state index contributed by atoms with van der Waals surface area (Å²) in [4.78, 5) is 45.1. The summed E-state index contributed by atoms with van der Waals surface area (Å²) < 4.78 is 19.3. The van der Waals surface area contributed by atoms with Crippen molar-refractivity contribution in [1.29, 1.82) is 0 Å². The average Bonchev–Trinajstić information content (AvgIpc) is 3.53. The van der Waals surface area contributed by atoms with Gasteiger partial charge in [-0.2, -0.15) is 23.7 Å². The number of halogens is 1. The molecule has 0 saturated carbocycles. The molecule has 2 aromatic heterocycles. The van der Waals surface area contributed by atoms with E-state index < -0.39 is 35.4 Å². The molecule has 1 N–H and O–H groups in total. The minimum atomic E-state index is -1.34. The van der Waals surface area contributed by atoms with Gasteiger partial charge in [-0.3, -0.25) is 19.3 Å². The highest BCUT2D eigenvalue weighted by molar-refractivity contribution is 7.59. The molecule has 10 nitrogen and oxygen atoms in total. The molecule has 0 spiro atoms. The van der Waals surface area contributed by atoms with Crippen LogP contribution in [-0.4, -0.2) is 69.3 Å². The van der Waals surface area contributed by atoms with Gasteiger partial charge >= 0.3 is 0 Å². The van der Waals surface area contributed by atoms with Crippen LogP contribution < -0.4 is 9.64 Å². The van der Waals surface area contributed by atoms with E-state index in [1.165, 1.54) is 46.2 Å². The van der Waals surface area contributed by atoms with Gasteiger partial charge in [0.15, 0.2) is 5.78 Å². The molecule has 2 amide bonds. The van der Waals surface area contributed by atoms with E-state index in [1.54, 1.807) is 20.9 Å². The summed E-state index contributed by atoms with van der Waals surface area (Å²) in [6.07, 6.45) is 1.65. The largest absolute Gasteiger partial charge is 0.496 e. The van der Waals surface area contributed by atoms with Crippen molar-refractivity contribution in [2.24, 2.45) is 11.8 Å². The normalized spacial score (nSPS) is 16.5. The van der Waals surface area contributed by atoms with E-state index in [4.69, 9.17) is 4.74 Å². The highest BCUT2D eigenvalue weighted by atomic mass is 32.1. The van der Waals surface area contributed by atoms with Crippen LogP contribution in [0.1, 0.15) is 48.4 Å². The van der Waals surface area contributed by atoms with Crippen LogP contribution in [0.15, 0.2) is 30.6 Å². The van der Waals surface area contributed by atoms with Crippen LogP contribution in [0.2, 0.25) is 0 Å². The Morgan fingerprint density at radius 1 is 1.21 bits per heavy atom. The van der Waals surface area contributed by atoms with E-state index in [0.717, 1.165) is 17.4 Å². The van der Waals surface area contributed by atoms with Crippen LogP contribution >= 0.6 is 24.8 Å². The lowest BCUT2D eigenvalue weighted by molar-refractivity contribution is -0.139. The first-order valence-electron chi connectivity index (χ1n) is 12.1. The molecule has 1 aliphatic heterocycles. The number of ketones is 1. The number of thiophene rings is 1. The highest BCUT2D eigenvalue weighted by Crippen LogP contribution is 2.45. The second-order valence-electron chi connectivity index (χ2n) is 9.56. The standard InChI is InChI=1S/C26H30FN5O5S.H2S/c1-13(2)30(5)23(35)14(3)20-22(34)21-15(4)25(32-28-9-10-29-32)38-26(21)31(24(20)36)12-18(33)17-11-16(27)7-8-19(17)37-6;/h7-11,13-14,18,20,33H,12H2,1-6H3;1H2/t14-,18+,20?;/m1./s1.